The molecule has 238 valence electrons. The first-order chi connectivity index (χ1) is 19.7. The summed E-state index contributed by atoms with van der Waals surface area (Å²) in [7, 11) is 1.35. The first kappa shape index (κ1) is 32.9. The van der Waals surface area contributed by atoms with Crippen molar-refractivity contribution in [3.05, 3.63) is 63.8 Å². The van der Waals surface area contributed by atoms with Crippen LogP contribution in [0.15, 0.2) is 47.1 Å². The minimum Gasteiger partial charge on any atom is -0.439 e. The van der Waals surface area contributed by atoms with E-state index in [1.54, 1.807) is 0 Å². The third kappa shape index (κ3) is 7.24. The van der Waals surface area contributed by atoms with E-state index in [1.807, 2.05) is 13.8 Å². The summed E-state index contributed by atoms with van der Waals surface area (Å²) in [6.45, 7) is 5.31. The summed E-state index contributed by atoms with van der Waals surface area (Å²) in [6, 6.07) is 2.43. The Bertz CT molecular complexity index is 1340. The van der Waals surface area contributed by atoms with E-state index in [0.29, 0.717) is 42.5 Å². The number of halogens is 9. The molecule has 2 unspecified atom stereocenters. The second-order valence-corrected chi connectivity index (χ2v) is 12.1. The Hall–Kier alpha value is -2.96. The number of ether oxygens (including phenoxy) is 2. The molecule has 1 aromatic carbocycles. The predicted molar refractivity (Wildman–Crippen MR) is 140 cm³/mol. The van der Waals surface area contributed by atoms with Gasteiger partial charge in [0.1, 0.15) is 6.10 Å². The highest BCUT2D eigenvalue weighted by atomic mass is 19.4. The lowest BCUT2D eigenvalue weighted by molar-refractivity contribution is -0.166. The number of allylic oxidation sites excluding steroid dienone is 3. The zero-order valence-corrected chi connectivity index (χ0v) is 23.9. The van der Waals surface area contributed by atoms with Gasteiger partial charge >= 0.3 is 24.6 Å². The molecule has 1 amide bonds. The van der Waals surface area contributed by atoms with Crippen LogP contribution in [-0.2, 0) is 22.3 Å². The van der Waals surface area contributed by atoms with Gasteiger partial charge in [-0.2, -0.15) is 39.5 Å². The Kier molecular flexibility index (Phi) is 8.82. The van der Waals surface area contributed by atoms with E-state index in [9.17, 15) is 44.3 Å². The molecule has 3 atom stereocenters. The topological polar surface area (TPSA) is 38.8 Å². The van der Waals surface area contributed by atoms with Crippen LogP contribution in [0.25, 0.3) is 5.57 Å². The lowest BCUT2D eigenvalue weighted by Crippen LogP contribution is -2.38. The van der Waals surface area contributed by atoms with Crippen LogP contribution >= 0.6 is 0 Å². The monoisotopic (exact) mass is 625 g/mol. The molecule has 43 heavy (non-hydrogen) atoms. The van der Waals surface area contributed by atoms with Crippen LogP contribution in [0, 0.1) is 11.3 Å². The normalized spacial score (nSPS) is 25.1. The third-order valence-corrected chi connectivity index (χ3v) is 8.27. The highest BCUT2D eigenvalue weighted by molar-refractivity contribution is 5.76. The average Bonchev–Trinajstić information content (AvgIpc) is 3.15. The average molecular weight is 626 g/mol. The van der Waals surface area contributed by atoms with Crippen molar-refractivity contribution in [1.82, 2.24) is 4.90 Å². The summed E-state index contributed by atoms with van der Waals surface area (Å²) >= 11 is 0. The maximum Gasteiger partial charge on any atom is 0.416 e. The molecule has 0 saturated carbocycles. The number of carbonyl (C=O) groups is 1. The molecule has 3 aliphatic rings. The van der Waals surface area contributed by atoms with E-state index in [1.165, 1.54) is 25.0 Å². The zero-order chi connectivity index (χ0) is 32.1. The van der Waals surface area contributed by atoms with Gasteiger partial charge < -0.3 is 9.47 Å². The van der Waals surface area contributed by atoms with Gasteiger partial charge in [-0.25, -0.2) is 4.79 Å². The number of carbonyl (C=O) groups excluding carboxylic acids is 1. The molecule has 0 bridgehead atoms. The Morgan fingerprint density at radius 1 is 1.05 bits per heavy atom. The van der Waals surface area contributed by atoms with Crippen LogP contribution in [0.2, 0.25) is 0 Å². The Morgan fingerprint density at radius 3 is 2.30 bits per heavy atom. The van der Waals surface area contributed by atoms with Crippen molar-refractivity contribution >= 4 is 11.7 Å². The zero-order valence-electron chi connectivity index (χ0n) is 23.9. The lowest BCUT2D eigenvalue weighted by atomic mass is 9.72. The number of cyclic esters (lactones) is 1. The predicted octanol–water partition coefficient (Wildman–Crippen LogP) is 9.02. The van der Waals surface area contributed by atoms with Crippen LogP contribution in [0.4, 0.5) is 44.3 Å². The van der Waals surface area contributed by atoms with Crippen LogP contribution in [-0.4, -0.2) is 49.1 Å². The number of hydrogen-bond donors (Lipinski definition) is 0. The summed E-state index contributed by atoms with van der Waals surface area (Å²) < 4.78 is 132. The van der Waals surface area contributed by atoms with E-state index in [-0.39, 0.29) is 24.1 Å². The molecule has 1 heterocycles. The number of nitrogens with zero attached hydrogens (tertiary/aromatic N) is 1. The van der Waals surface area contributed by atoms with Crippen LogP contribution in [0.3, 0.4) is 0 Å². The molecule has 4 rings (SSSR count). The molecule has 4 nitrogen and oxygen atoms in total. The molecule has 1 saturated heterocycles. The highest BCUT2D eigenvalue weighted by Crippen LogP contribution is 2.46. The van der Waals surface area contributed by atoms with Gasteiger partial charge in [-0.05, 0) is 84.1 Å². The Morgan fingerprint density at radius 2 is 1.72 bits per heavy atom. The van der Waals surface area contributed by atoms with E-state index in [2.05, 4.69) is 0 Å². The minimum absolute atomic E-state index is 0.0610. The molecule has 1 aliphatic heterocycles. The van der Waals surface area contributed by atoms with Crippen molar-refractivity contribution in [3.8, 4) is 0 Å². The number of hydrogen-bond acceptors (Lipinski definition) is 3. The van der Waals surface area contributed by atoms with Gasteiger partial charge in [0, 0.05) is 19.2 Å². The van der Waals surface area contributed by atoms with Crippen molar-refractivity contribution in [3.63, 3.8) is 0 Å². The Labute approximate surface area is 243 Å². The smallest absolute Gasteiger partial charge is 0.416 e. The van der Waals surface area contributed by atoms with Gasteiger partial charge in [-0.15, -0.1) is 0 Å². The number of amides is 1. The van der Waals surface area contributed by atoms with E-state index in [4.69, 9.17) is 9.47 Å². The quantitative estimate of drug-likeness (QED) is 0.296. The summed E-state index contributed by atoms with van der Waals surface area (Å²) in [5, 5.41) is 0. The Balaban J connectivity index is 1.72. The molecule has 1 fully saturated rings. The van der Waals surface area contributed by atoms with Gasteiger partial charge in [0.25, 0.3) is 0 Å². The summed E-state index contributed by atoms with van der Waals surface area (Å²) in [6.07, 6.45) is -15.1. The molecule has 13 heteroatoms. The number of rotatable bonds is 6. The number of methoxy groups -OCH3 is 1. The fourth-order valence-electron chi connectivity index (χ4n) is 6.02. The third-order valence-electron chi connectivity index (χ3n) is 8.27. The van der Waals surface area contributed by atoms with E-state index >= 15 is 0 Å². The van der Waals surface area contributed by atoms with Crippen molar-refractivity contribution in [2.75, 3.05) is 13.7 Å². The van der Waals surface area contributed by atoms with Crippen molar-refractivity contribution in [2.45, 2.75) is 83.7 Å². The first-order valence-corrected chi connectivity index (χ1v) is 13.6. The largest absolute Gasteiger partial charge is 0.439 e. The van der Waals surface area contributed by atoms with Gasteiger partial charge in [-0.1, -0.05) is 26.0 Å². The van der Waals surface area contributed by atoms with Crippen LogP contribution in [0.5, 0.6) is 0 Å². The maximum atomic E-state index is 13.5. The van der Waals surface area contributed by atoms with Crippen molar-refractivity contribution in [2.24, 2.45) is 11.3 Å². The van der Waals surface area contributed by atoms with Gasteiger partial charge in [0.05, 0.1) is 24.1 Å². The molecule has 0 aromatic heterocycles. The maximum absolute atomic E-state index is 13.5. The highest BCUT2D eigenvalue weighted by Gasteiger charge is 2.49. The fraction of sp³-hybridized carbons (Fsp3) is 0.567. The lowest BCUT2D eigenvalue weighted by Gasteiger charge is -2.36. The van der Waals surface area contributed by atoms with Crippen molar-refractivity contribution < 1.29 is 53.8 Å². The number of benzene rings is 1. The van der Waals surface area contributed by atoms with Crippen LogP contribution < -0.4 is 0 Å². The molecule has 0 radical (unpaired) electrons. The standard InChI is InChI=1S/C30H32F9NO3/c1-16-25(17-9-21(29(34,35)36)12-22(10-17)30(37,38)39)43-26(41)40(16)14-19-13-27(2,3)8-7-24(19)23-6-5-20(28(31,32)33)11-18(23)15-42-4/h5-6,9-11,16,21,25H,7-8,12-15H2,1-4H3/t16?,21?,25-/m0/s1. The molecular formula is C30H32F9NO3. The van der Waals surface area contributed by atoms with E-state index < -0.39 is 60.2 Å². The van der Waals surface area contributed by atoms with Gasteiger partial charge in [0.15, 0.2) is 0 Å². The van der Waals surface area contributed by atoms with Gasteiger partial charge in [0.2, 0.25) is 0 Å². The van der Waals surface area contributed by atoms with Crippen LogP contribution in [0.1, 0.15) is 63.1 Å². The minimum atomic E-state index is -5.00. The summed E-state index contributed by atoms with van der Waals surface area (Å²) in [5.41, 5.74) is -0.562. The summed E-state index contributed by atoms with van der Waals surface area (Å²) in [5.74, 6) is -2.39. The van der Waals surface area contributed by atoms with Crippen molar-refractivity contribution in [1.29, 1.82) is 0 Å². The fourth-order valence-corrected chi connectivity index (χ4v) is 6.02. The van der Waals surface area contributed by atoms with Gasteiger partial charge in [-0.3, -0.25) is 4.90 Å². The molecule has 0 N–H and O–H groups in total. The molecule has 1 aromatic rings. The first-order valence-electron chi connectivity index (χ1n) is 13.6. The molecule has 0 spiro atoms. The molecule has 2 aliphatic carbocycles. The molecular weight excluding hydrogens is 593 g/mol. The second kappa shape index (κ2) is 11.5. The SMILES string of the molecule is COCc1cc(C(F)(F)F)ccc1C1=C(CN2C(=O)O[C@H](C3=CC(C(F)(F)F)CC(C(F)(F)F)=C3)C2C)CC(C)(C)CC1. The van der Waals surface area contributed by atoms with E-state index in [0.717, 1.165) is 23.3 Å². The second-order valence-electron chi connectivity index (χ2n) is 12.1. The summed E-state index contributed by atoms with van der Waals surface area (Å²) in [4.78, 5) is 14.3. The number of alkyl halides is 9.